The number of rotatable bonds is 10. The van der Waals surface area contributed by atoms with Crippen LogP contribution in [0, 0.1) is 0 Å². The van der Waals surface area contributed by atoms with Crippen LogP contribution in [0.5, 0.6) is 0 Å². The molecule has 206 valence electrons. The van der Waals surface area contributed by atoms with Crippen molar-refractivity contribution in [3.63, 3.8) is 0 Å². The number of thiophene rings is 1. The van der Waals surface area contributed by atoms with Crippen molar-refractivity contribution in [3.8, 4) is 0 Å². The van der Waals surface area contributed by atoms with Gasteiger partial charge in [0.1, 0.15) is 5.70 Å². The van der Waals surface area contributed by atoms with Crippen LogP contribution in [0.15, 0.2) is 106 Å². The topological polar surface area (TPSA) is 100 Å². The van der Waals surface area contributed by atoms with Crippen LogP contribution in [0.2, 0.25) is 0 Å². The van der Waals surface area contributed by atoms with Gasteiger partial charge in [-0.2, -0.15) is 11.3 Å². The minimum atomic E-state index is -0.455. The van der Waals surface area contributed by atoms with Crippen LogP contribution in [-0.2, 0) is 9.59 Å². The van der Waals surface area contributed by atoms with Gasteiger partial charge in [0.05, 0.1) is 15.5 Å². The Morgan fingerprint density at radius 2 is 1.76 bits per heavy atom. The van der Waals surface area contributed by atoms with Crippen molar-refractivity contribution in [1.29, 1.82) is 0 Å². The normalized spacial score (nSPS) is 12.1. The molecule has 0 aliphatic rings. The average Bonchev–Trinajstić information content (AvgIpc) is 3.65. The molecular weight excluding hydrogens is 573 g/mol. The number of anilines is 2. The van der Waals surface area contributed by atoms with Gasteiger partial charge in [0.2, 0.25) is 5.91 Å². The monoisotopic (exact) mass is 598 g/mol. The largest absolute Gasteiger partial charge is 0.321 e. The van der Waals surface area contributed by atoms with Gasteiger partial charge in [-0.3, -0.25) is 14.4 Å². The van der Waals surface area contributed by atoms with E-state index in [-0.39, 0.29) is 22.8 Å². The van der Waals surface area contributed by atoms with Crippen LogP contribution < -0.4 is 16.0 Å². The highest BCUT2D eigenvalue weighted by molar-refractivity contribution is 8.00. The smallest absolute Gasteiger partial charge is 0.272 e. The molecule has 1 unspecified atom stereocenters. The second-order valence-corrected chi connectivity index (χ2v) is 12.0. The van der Waals surface area contributed by atoms with Gasteiger partial charge in [-0.25, -0.2) is 4.98 Å². The number of para-hydroxylation sites is 1. The Labute approximate surface area is 249 Å². The van der Waals surface area contributed by atoms with E-state index in [0.29, 0.717) is 22.8 Å². The molecule has 0 aliphatic heterocycles. The lowest BCUT2D eigenvalue weighted by Crippen LogP contribution is -2.30. The van der Waals surface area contributed by atoms with Gasteiger partial charge in [0, 0.05) is 16.1 Å². The molecule has 2 heterocycles. The van der Waals surface area contributed by atoms with Gasteiger partial charge in [-0.1, -0.05) is 54.7 Å². The molecule has 0 saturated heterocycles. The number of nitrogens with one attached hydrogen (secondary N) is 3. The first kappa shape index (κ1) is 28.3. The second kappa shape index (κ2) is 13.4. The molecule has 3 aromatic carbocycles. The molecule has 0 saturated carbocycles. The van der Waals surface area contributed by atoms with Crippen LogP contribution >= 0.6 is 34.4 Å². The summed E-state index contributed by atoms with van der Waals surface area (Å²) in [5.41, 5.74) is 2.78. The Balaban J connectivity index is 1.27. The molecule has 0 aliphatic carbocycles. The first-order valence-corrected chi connectivity index (χ1v) is 15.5. The molecule has 5 aromatic rings. The number of thioether (sulfide) groups is 1. The highest BCUT2D eigenvalue weighted by Crippen LogP contribution is 2.30. The number of thiazole rings is 1. The van der Waals surface area contributed by atoms with Crippen molar-refractivity contribution in [2.45, 2.75) is 23.5 Å². The fraction of sp³-hybridized carbons (Fsp3) is 0.0968. The quantitative estimate of drug-likeness (QED) is 0.116. The average molecular weight is 599 g/mol. The van der Waals surface area contributed by atoms with Gasteiger partial charge in [-0.15, -0.1) is 11.8 Å². The summed E-state index contributed by atoms with van der Waals surface area (Å²) >= 11 is 4.35. The van der Waals surface area contributed by atoms with Crippen molar-refractivity contribution in [2.75, 3.05) is 10.6 Å². The molecule has 2 aromatic heterocycles. The highest BCUT2D eigenvalue weighted by Gasteiger charge is 2.20. The summed E-state index contributed by atoms with van der Waals surface area (Å²) in [5, 5.41) is 12.6. The molecule has 3 N–H and O–H groups in total. The van der Waals surface area contributed by atoms with E-state index in [1.807, 2.05) is 72.3 Å². The van der Waals surface area contributed by atoms with Crippen molar-refractivity contribution in [2.24, 2.45) is 0 Å². The van der Waals surface area contributed by atoms with Crippen molar-refractivity contribution >= 4 is 79.3 Å². The highest BCUT2D eigenvalue weighted by atomic mass is 32.2. The molecule has 3 amide bonds. The molecule has 10 heteroatoms. The van der Waals surface area contributed by atoms with Gasteiger partial charge >= 0.3 is 0 Å². The van der Waals surface area contributed by atoms with E-state index >= 15 is 0 Å². The number of hydrogen-bond acceptors (Lipinski definition) is 7. The lowest BCUT2D eigenvalue weighted by Gasteiger charge is -2.15. The molecule has 0 radical (unpaired) electrons. The van der Waals surface area contributed by atoms with E-state index in [1.54, 1.807) is 36.4 Å². The fourth-order valence-corrected chi connectivity index (χ4v) is 6.41. The molecule has 5 rings (SSSR count). The van der Waals surface area contributed by atoms with Crippen molar-refractivity contribution in [3.05, 3.63) is 113 Å². The lowest BCUT2D eigenvalue weighted by molar-refractivity contribution is -0.116. The SMILES string of the molecule is CCC(Sc1cccc(NC(=O)/C(=C/c2ccsc2)NC(=O)c2ccccc2)c1)C(=O)Nc1nc2ccccc2s1. The van der Waals surface area contributed by atoms with E-state index < -0.39 is 5.91 Å². The number of carbonyl (C=O) groups excluding carboxylic acids is 3. The van der Waals surface area contributed by atoms with Gasteiger partial charge < -0.3 is 16.0 Å². The number of nitrogens with zero attached hydrogens (tertiary/aromatic N) is 1. The third kappa shape index (κ3) is 7.49. The number of benzene rings is 3. The van der Waals surface area contributed by atoms with Crippen LogP contribution in [0.25, 0.3) is 16.3 Å². The zero-order chi connectivity index (χ0) is 28.6. The zero-order valence-electron chi connectivity index (χ0n) is 22.0. The van der Waals surface area contributed by atoms with E-state index in [9.17, 15) is 14.4 Å². The predicted octanol–water partition coefficient (Wildman–Crippen LogP) is 7.28. The summed E-state index contributed by atoms with van der Waals surface area (Å²) < 4.78 is 1.01. The van der Waals surface area contributed by atoms with E-state index in [1.165, 1.54) is 34.4 Å². The fourth-order valence-electron chi connectivity index (χ4n) is 3.91. The molecule has 0 spiro atoms. The Bertz CT molecular complexity index is 1670. The summed E-state index contributed by atoms with van der Waals surface area (Å²) in [6.45, 7) is 1.96. The maximum atomic E-state index is 13.3. The predicted molar refractivity (Wildman–Crippen MR) is 169 cm³/mol. The number of amides is 3. The van der Waals surface area contributed by atoms with Crippen LogP contribution in [0.1, 0.15) is 29.3 Å². The van der Waals surface area contributed by atoms with Crippen LogP contribution in [-0.4, -0.2) is 28.0 Å². The van der Waals surface area contributed by atoms with Gasteiger partial charge in [0.25, 0.3) is 11.8 Å². The Morgan fingerprint density at radius 3 is 2.51 bits per heavy atom. The molecule has 0 bridgehead atoms. The van der Waals surface area contributed by atoms with Crippen molar-refractivity contribution in [1.82, 2.24) is 10.3 Å². The summed E-state index contributed by atoms with van der Waals surface area (Å²) in [6, 6.07) is 25.7. The standard InChI is InChI=1S/C31H26N4O3S3/c1-2-26(30(38)35-31-34-24-13-6-7-14-27(24)41-31)40-23-12-8-11-22(18-23)32-29(37)25(17-20-15-16-39-19-20)33-28(36)21-9-4-3-5-10-21/h3-19,26H,2H2,1H3,(H,32,37)(H,33,36)(H,34,35,38)/b25-17-. The van der Waals surface area contributed by atoms with Crippen LogP contribution in [0.4, 0.5) is 10.8 Å². The maximum absolute atomic E-state index is 13.3. The maximum Gasteiger partial charge on any atom is 0.272 e. The Hall–Kier alpha value is -4.25. The minimum Gasteiger partial charge on any atom is -0.321 e. The van der Waals surface area contributed by atoms with Crippen molar-refractivity contribution < 1.29 is 14.4 Å². The zero-order valence-corrected chi connectivity index (χ0v) is 24.4. The van der Waals surface area contributed by atoms with E-state index in [0.717, 1.165) is 20.7 Å². The second-order valence-electron chi connectivity index (χ2n) is 8.91. The molecule has 1 atom stereocenters. The van der Waals surface area contributed by atoms with E-state index in [2.05, 4.69) is 20.9 Å². The Morgan fingerprint density at radius 1 is 0.951 bits per heavy atom. The van der Waals surface area contributed by atoms with Gasteiger partial charge in [0.15, 0.2) is 5.13 Å². The van der Waals surface area contributed by atoms with E-state index in [4.69, 9.17) is 0 Å². The summed E-state index contributed by atoms with van der Waals surface area (Å²) in [5.74, 6) is -0.963. The minimum absolute atomic E-state index is 0.122. The Kier molecular flexibility index (Phi) is 9.25. The summed E-state index contributed by atoms with van der Waals surface area (Å²) in [6.07, 6.45) is 2.25. The summed E-state index contributed by atoms with van der Waals surface area (Å²) in [4.78, 5) is 44.5. The lowest BCUT2D eigenvalue weighted by atomic mass is 10.2. The number of aromatic nitrogens is 1. The number of fused-ring (bicyclic) bond motifs is 1. The van der Waals surface area contributed by atoms with Gasteiger partial charge in [-0.05, 0) is 77.4 Å². The summed E-state index contributed by atoms with van der Waals surface area (Å²) in [7, 11) is 0. The third-order valence-electron chi connectivity index (χ3n) is 5.94. The van der Waals surface area contributed by atoms with Crippen LogP contribution in [0.3, 0.4) is 0 Å². The third-order valence-corrected chi connectivity index (χ3v) is 8.95. The first-order valence-electron chi connectivity index (χ1n) is 12.8. The first-order chi connectivity index (χ1) is 20.0. The molecule has 7 nitrogen and oxygen atoms in total. The molecule has 41 heavy (non-hydrogen) atoms. The number of carbonyl (C=O) groups is 3. The number of hydrogen-bond donors (Lipinski definition) is 3. The molecule has 0 fully saturated rings. The molecular formula is C31H26N4O3S3.